The van der Waals surface area contributed by atoms with Crippen molar-refractivity contribution in [1.82, 2.24) is 29.9 Å². The lowest BCUT2D eigenvalue weighted by Crippen LogP contribution is -2.54. The van der Waals surface area contributed by atoms with Crippen molar-refractivity contribution >= 4 is 22.4 Å². The number of pyridine rings is 2. The van der Waals surface area contributed by atoms with Crippen molar-refractivity contribution in [3.63, 3.8) is 0 Å². The number of aryl methyl sites for hydroxylation is 2. The first-order valence-electron chi connectivity index (χ1n) is 10.1. The van der Waals surface area contributed by atoms with Crippen LogP contribution in [0.5, 0.6) is 0 Å². The van der Waals surface area contributed by atoms with Crippen LogP contribution in [0.25, 0.3) is 28.1 Å². The maximum Gasteiger partial charge on any atom is 0.159 e. The second kappa shape index (κ2) is 6.77. The van der Waals surface area contributed by atoms with Gasteiger partial charge in [0.1, 0.15) is 5.69 Å². The van der Waals surface area contributed by atoms with E-state index in [0.29, 0.717) is 12.1 Å². The van der Waals surface area contributed by atoms with Crippen LogP contribution in [-0.4, -0.2) is 49.7 Å². The zero-order valence-electron chi connectivity index (χ0n) is 17.2. The lowest BCUT2D eigenvalue weighted by molar-refractivity contribution is 0.407. The summed E-state index contributed by atoms with van der Waals surface area (Å²) in [5, 5.41) is 9.31. The average Bonchev–Trinajstić information content (AvgIpc) is 3.07. The largest absolute Gasteiger partial charge is 0.367 e. The molecule has 7 nitrogen and oxygen atoms in total. The highest BCUT2D eigenvalue weighted by atomic mass is 15.3. The average molecular weight is 387 g/mol. The van der Waals surface area contributed by atoms with Gasteiger partial charge in [-0.25, -0.2) is 19.5 Å². The first-order valence-corrected chi connectivity index (χ1v) is 10.1. The summed E-state index contributed by atoms with van der Waals surface area (Å²) in [4.78, 5) is 16.4. The molecule has 2 atom stereocenters. The van der Waals surface area contributed by atoms with Gasteiger partial charge in [0, 0.05) is 30.6 Å². The summed E-state index contributed by atoms with van der Waals surface area (Å²) in [5.41, 5.74) is 6.45. The predicted octanol–water partition coefficient (Wildman–Crippen LogP) is 3.14. The maximum absolute atomic E-state index is 4.78. The SMILES string of the molecule is Cc1cn2nc(-c3ccc4cc(N5C[C@H](C)N[C@@H](C)C5)cnc4n3)cc(C)c2n1. The molecule has 0 unspecified atom stereocenters. The van der Waals surface area contributed by atoms with E-state index < -0.39 is 0 Å². The Kier molecular flexibility index (Phi) is 4.20. The first-order chi connectivity index (χ1) is 14.0. The summed E-state index contributed by atoms with van der Waals surface area (Å²) >= 11 is 0. The van der Waals surface area contributed by atoms with Crippen LogP contribution in [0.4, 0.5) is 5.69 Å². The third-order valence-electron chi connectivity index (χ3n) is 5.44. The molecule has 0 aliphatic carbocycles. The van der Waals surface area contributed by atoms with E-state index in [1.807, 2.05) is 42.9 Å². The van der Waals surface area contributed by atoms with Crippen molar-refractivity contribution in [2.75, 3.05) is 18.0 Å². The molecule has 0 aromatic carbocycles. The Balaban J connectivity index is 1.51. The van der Waals surface area contributed by atoms with Gasteiger partial charge < -0.3 is 10.2 Å². The minimum atomic E-state index is 0.464. The van der Waals surface area contributed by atoms with Gasteiger partial charge >= 0.3 is 0 Å². The van der Waals surface area contributed by atoms with Crippen LogP contribution in [-0.2, 0) is 0 Å². The first kappa shape index (κ1) is 18.0. The molecule has 5 heterocycles. The summed E-state index contributed by atoms with van der Waals surface area (Å²) < 4.78 is 1.83. The molecule has 5 rings (SSSR count). The van der Waals surface area contributed by atoms with E-state index in [0.717, 1.165) is 58.1 Å². The summed E-state index contributed by atoms with van der Waals surface area (Å²) in [5.74, 6) is 0. The number of aromatic nitrogens is 5. The van der Waals surface area contributed by atoms with E-state index in [4.69, 9.17) is 10.1 Å². The molecule has 148 valence electrons. The third kappa shape index (κ3) is 3.31. The third-order valence-corrected chi connectivity index (χ3v) is 5.44. The van der Waals surface area contributed by atoms with E-state index in [2.05, 4.69) is 46.2 Å². The Labute approximate surface area is 169 Å². The summed E-state index contributed by atoms with van der Waals surface area (Å²) in [7, 11) is 0. The minimum absolute atomic E-state index is 0.464. The molecule has 0 saturated carbocycles. The normalized spacial score (nSPS) is 19.9. The van der Waals surface area contributed by atoms with Crippen LogP contribution in [0.3, 0.4) is 0 Å². The van der Waals surface area contributed by atoms with Crippen LogP contribution in [0, 0.1) is 13.8 Å². The Morgan fingerprint density at radius 3 is 2.59 bits per heavy atom. The highest BCUT2D eigenvalue weighted by molar-refractivity contribution is 5.81. The van der Waals surface area contributed by atoms with E-state index >= 15 is 0 Å². The number of piperazine rings is 1. The van der Waals surface area contributed by atoms with E-state index in [1.165, 1.54) is 0 Å². The Morgan fingerprint density at radius 1 is 1.00 bits per heavy atom. The topological polar surface area (TPSA) is 71.2 Å². The number of imidazole rings is 1. The molecule has 1 aliphatic rings. The fourth-order valence-corrected chi connectivity index (χ4v) is 4.22. The quantitative estimate of drug-likeness (QED) is 0.570. The Hall–Kier alpha value is -3.06. The summed E-state index contributed by atoms with van der Waals surface area (Å²) in [6, 6.07) is 9.26. The molecule has 4 aromatic rings. The number of fused-ring (bicyclic) bond motifs is 2. The predicted molar refractivity (Wildman–Crippen MR) is 115 cm³/mol. The number of nitrogens with zero attached hydrogens (tertiary/aromatic N) is 6. The molecule has 1 saturated heterocycles. The van der Waals surface area contributed by atoms with Gasteiger partial charge in [-0.3, -0.25) is 0 Å². The van der Waals surface area contributed by atoms with Crippen molar-refractivity contribution in [2.24, 2.45) is 0 Å². The number of hydrogen-bond donors (Lipinski definition) is 1. The standard InChI is InChI=1S/C22H25N7/c1-13-7-20(27-29-12-16(4)25-22(13)29)19-6-5-17-8-18(9-23-21(17)26-19)28-10-14(2)24-15(3)11-28/h5-9,12,14-15,24H,10-11H2,1-4H3/t14-,15-/m0/s1. The zero-order chi connectivity index (χ0) is 20.1. The lowest BCUT2D eigenvalue weighted by Gasteiger charge is -2.37. The molecule has 0 spiro atoms. The Morgan fingerprint density at radius 2 is 1.79 bits per heavy atom. The fraction of sp³-hybridized carbons (Fsp3) is 0.364. The summed E-state index contributed by atoms with van der Waals surface area (Å²) in [6.07, 6.45) is 3.87. The van der Waals surface area contributed by atoms with Crippen molar-refractivity contribution in [2.45, 2.75) is 39.8 Å². The second-order valence-corrected chi connectivity index (χ2v) is 8.17. The molecule has 0 radical (unpaired) electrons. The smallest absolute Gasteiger partial charge is 0.159 e. The van der Waals surface area contributed by atoms with Crippen LogP contribution in [0.1, 0.15) is 25.1 Å². The highest BCUT2D eigenvalue weighted by Gasteiger charge is 2.21. The molecule has 4 aromatic heterocycles. The molecule has 29 heavy (non-hydrogen) atoms. The van der Waals surface area contributed by atoms with Gasteiger partial charge in [0.15, 0.2) is 11.3 Å². The number of nitrogens with one attached hydrogen (secondary N) is 1. The van der Waals surface area contributed by atoms with Crippen molar-refractivity contribution in [1.29, 1.82) is 0 Å². The van der Waals surface area contributed by atoms with Gasteiger partial charge in [0.05, 0.1) is 29.5 Å². The van der Waals surface area contributed by atoms with Gasteiger partial charge in [-0.2, -0.15) is 5.10 Å². The number of anilines is 1. The van der Waals surface area contributed by atoms with Crippen LogP contribution < -0.4 is 10.2 Å². The minimum Gasteiger partial charge on any atom is -0.367 e. The van der Waals surface area contributed by atoms with Crippen molar-refractivity contribution < 1.29 is 0 Å². The maximum atomic E-state index is 4.78. The van der Waals surface area contributed by atoms with Crippen LogP contribution >= 0.6 is 0 Å². The zero-order valence-corrected chi connectivity index (χ0v) is 17.2. The van der Waals surface area contributed by atoms with Gasteiger partial charge in [-0.1, -0.05) is 0 Å². The van der Waals surface area contributed by atoms with Crippen LogP contribution in [0.2, 0.25) is 0 Å². The lowest BCUT2D eigenvalue weighted by atomic mass is 10.1. The van der Waals surface area contributed by atoms with Crippen molar-refractivity contribution in [3.8, 4) is 11.4 Å². The highest BCUT2D eigenvalue weighted by Crippen LogP contribution is 2.24. The molecule has 7 heteroatoms. The fourth-order valence-electron chi connectivity index (χ4n) is 4.22. The molecule has 0 amide bonds. The molecule has 1 aliphatic heterocycles. The van der Waals surface area contributed by atoms with Gasteiger partial charge in [-0.15, -0.1) is 0 Å². The van der Waals surface area contributed by atoms with Crippen molar-refractivity contribution in [3.05, 3.63) is 47.9 Å². The van der Waals surface area contributed by atoms with E-state index in [-0.39, 0.29) is 0 Å². The number of rotatable bonds is 2. The van der Waals surface area contributed by atoms with Gasteiger partial charge in [-0.05, 0) is 57.5 Å². The number of hydrogen-bond acceptors (Lipinski definition) is 6. The molecule has 0 bridgehead atoms. The Bertz CT molecular complexity index is 1200. The summed E-state index contributed by atoms with van der Waals surface area (Å²) in [6.45, 7) is 10.4. The monoisotopic (exact) mass is 387 g/mol. The van der Waals surface area contributed by atoms with Crippen LogP contribution in [0.15, 0.2) is 36.7 Å². The van der Waals surface area contributed by atoms with E-state index in [9.17, 15) is 0 Å². The molecule has 1 fully saturated rings. The van der Waals surface area contributed by atoms with E-state index in [1.54, 1.807) is 0 Å². The van der Waals surface area contributed by atoms with Gasteiger partial charge in [0.2, 0.25) is 0 Å². The molecular weight excluding hydrogens is 362 g/mol. The molecular formula is C22H25N7. The second-order valence-electron chi connectivity index (χ2n) is 8.17. The van der Waals surface area contributed by atoms with Gasteiger partial charge in [0.25, 0.3) is 0 Å². The molecule has 1 N–H and O–H groups in total.